The van der Waals surface area contributed by atoms with Crippen molar-refractivity contribution in [1.82, 2.24) is 9.88 Å². The summed E-state index contributed by atoms with van der Waals surface area (Å²) in [5.74, 6) is 0.940. The van der Waals surface area contributed by atoms with Gasteiger partial charge in [-0.05, 0) is 61.8 Å². The molecular weight excluding hydrogens is 332 g/mol. The van der Waals surface area contributed by atoms with Gasteiger partial charge in [0.1, 0.15) is 5.75 Å². The van der Waals surface area contributed by atoms with Gasteiger partial charge in [-0.2, -0.15) is 0 Å². The van der Waals surface area contributed by atoms with Crippen LogP contribution in [0.25, 0.3) is 0 Å². The average Bonchev–Trinajstić information content (AvgIpc) is 3.16. The van der Waals surface area contributed by atoms with E-state index in [2.05, 4.69) is 24.0 Å². The van der Waals surface area contributed by atoms with Crippen molar-refractivity contribution in [2.24, 2.45) is 0 Å². The normalized spacial score (nSPS) is 10.8. The molecule has 0 spiro atoms. The van der Waals surface area contributed by atoms with E-state index in [1.807, 2.05) is 41.8 Å². The van der Waals surface area contributed by atoms with E-state index in [0.29, 0.717) is 22.1 Å². The Morgan fingerprint density at radius 1 is 1.12 bits per heavy atom. The molecule has 3 rings (SSSR count). The summed E-state index contributed by atoms with van der Waals surface area (Å²) in [6.07, 6.45) is 2.62. The first-order chi connectivity index (χ1) is 12.1. The molecule has 4 nitrogen and oxygen atoms in total. The molecule has 0 saturated heterocycles. The molecule has 0 amide bonds. The van der Waals surface area contributed by atoms with Gasteiger partial charge in [-0.25, -0.2) is 4.98 Å². The lowest BCUT2D eigenvalue weighted by molar-refractivity contribution is 0.103. The highest BCUT2D eigenvalue weighted by Crippen LogP contribution is 2.26. The Kier molecular flexibility index (Phi) is 5.58. The molecule has 128 valence electrons. The summed E-state index contributed by atoms with van der Waals surface area (Å²) in [6.45, 7) is 1.000. The second-order valence-corrected chi connectivity index (χ2v) is 6.91. The van der Waals surface area contributed by atoms with Crippen LogP contribution in [0.1, 0.15) is 20.8 Å². The molecule has 2 aromatic heterocycles. The van der Waals surface area contributed by atoms with Crippen LogP contribution in [0.3, 0.4) is 0 Å². The Morgan fingerprint density at radius 2 is 1.92 bits per heavy atom. The van der Waals surface area contributed by atoms with Crippen LogP contribution in [0.2, 0.25) is 0 Å². The molecule has 1 aromatic carbocycles. The van der Waals surface area contributed by atoms with Gasteiger partial charge in [-0.15, -0.1) is 11.3 Å². The molecule has 0 atom stereocenters. The topological polar surface area (TPSA) is 42.4 Å². The molecule has 3 aromatic rings. The van der Waals surface area contributed by atoms with Crippen LogP contribution in [-0.4, -0.2) is 36.3 Å². The molecule has 0 aliphatic heterocycles. The quantitative estimate of drug-likeness (QED) is 0.596. The number of pyridine rings is 1. The number of carbonyl (C=O) groups is 1. The van der Waals surface area contributed by atoms with Crippen LogP contribution in [0, 0.1) is 0 Å². The van der Waals surface area contributed by atoms with Crippen LogP contribution in [-0.2, 0) is 6.42 Å². The molecule has 0 aliphatic carbocycles. The molecule has 5 heteroatoms. The van der Waals surface area contributed by atoms with E-state index in [0.717, 1.165) is 13.0 Å². The van der Waals surface area contributed by atoms with Gasteiger partial charge in [0.25, 0.3) is 0 Å². The van der Waals surface area contributed by atoms with Crippen LogP contribution >= 0.6 is 11.3 Å². The Hall–Kier alpha value is -2.50. The molecule has 2 heterocycles. The van der Waals surface area contributed by atoms with Crippen LogP contribution in [0.4, 0.5) is 0 Å². The molecule has 0 radical (unpaired) electrons. The molecule has 25 heavy (non-hydrogen) atoms. The zero-order valence-electron chi connectivity index (χ0n) is 14.3. The minimum Gasteiger partial charge on any atom is -0.438 e. The Morgan fingerprint density at radius 3 is 2.60 bits per heavy atom. The maximum Gasteiger partial charge on any atom is 0.230 e. The lowest BCUT2D eigenvalue weighted by atomic mass is 10.1. The van der Waals surface area contributed by atoms with Gasteiger partial charge in [-0.1, -0.05) is 18.2 Å². The number of benzene rings is 1. The number of hydrogen-bond donors (Lipinski definition) is 0. The van der Waals surface area contributed by atoms with E-state index < -0.39 is 0 Å². The molecular formula is C20H20N2O2S. The third-order valence-corrected chi connectivity index (χ3v) is 4.61. The zero-order chi connectivity index (χ0) is 17.6. The zero-order valence-corrected chi connectivity index (χ0v) is 15.1. The van der Waals surface area contributed by atoms with Crippen molar-refractivity contribution in [3.63, 3.8) is 0 Å². The minimum atomic E-state index is -0.0688. The van der Waals surface area contributed by atoms with Gasteiger partial charge in [0.15, 0.2) is 0 Å². The maximum atomic E-state index is 12.6. The average molecular weight is 352 g/mol. The monoisotopic (exact) mass is 352 g/mol. The second-order valence-electron chi connectivity index (χ2n) is 5.96. The third-order valence-electron chi connectivity index (χ3n) is 3.75. The van der Waals surface area contributed by atoms with E-state index in [4.69, 9.17) is 4.74 Å². The number of thiophene rings is 1. The first kappa shape index (κ1) is 17.3. The van der Waals surface area contributed by atoms with E-state index in [1.165, 1.54) is 16.9 Å². The van der Waals surface area contributed by atoms with E-state index in [1.54, 1.807) is 18.3 Å². The van der Waals surface area contributed by atoms with E-state index in [9.17, 15) is 4.79 Å². The summed E-state index contributed by atoms with van der Waals surface area (Å²) in [7, 11) is 4.12. The third kappa shape index (κ3) is 4.53. The fourth-order valence-electron chi connectivity index (χ4n) is 2.37. The van der Waals surface area contributed by atoms with Crippen molar-refractivity contribution >= 4 is 17.1 Å². The summed E-state index contributed by atoms with van der Waals surface area (Å²) < 4.78 is 5.87. The maximum absolute atomic E-state index is 12.6. The van der Waals surface area contributed by atoms with Crippen LogP contribution < -0.4 is 4.74 Å². The fraction of sp³-hybridized carbons (Fsp3) is 0.200. The van der Waals surface area contributed by atoms with E-state index >= 15 is 0 Å². The molecule has 0 saturated carbocycles. The lowest BCUT2D eigenvalue weighted by Crippen LogP contribution is -2.14. The van der Waals surface area contributed by atoms with Gasteiger partial charge < -0.3 is 9.64 Å². The highest BCUT2D eigenvalue weighted by Gasteiger charge is 2.17. The first-order valence-electron chi connectivity index (χ1n) is 8.08. The number of hydrogen-bond acceptors (Lipinski definition) is 5. The summed E-state index contributed by atoms with van der Waals surface area (Å²) >= 11 is 1.41. The number of rotatable bonds is 7. The predicted molar refractivity (Wildman–Crippen MR) is 101 cm³/mol. The highest BCUT2D eigenvalue weighted by atomic mass is 32.1. The van der Waals surface area contributed by atoms with Crippen molar-refractivity contribution in [1.29, 1.82) is 0 Å². The summed E-state index contributed by atoms with van der Waals surface area (Å²) in [5.41, 5.74) is 1.72. The van der Waals surface area contributed by atoms with Crippen LogP contribution in [0.15, 0.2) is 60.1 Å². The largest absolute Gasteiger partial charge is 0.438 e. The van der Waals surface area contributed by atoms with Crippen molar-refractivity contribution in [3.05, 3.63) is 76.1 Å². The standard InChI is InChI=1S/C20H20N2O2S/c1-22(2)13-11-15-7-9-16(10-8-15)24-20-17(5-3-12-21-20)19(23)18-6-4-14-25-18/h3-10,12,14H,11,13H2,1-2H3. The summed E-state index contributed by atoms with van der Waals surface area (Å²) in [6, 6.07) is 15.1. The van der Waals surface area contributed by atoms with Gasteiger partial charge in [0, 0.05) is 12.7 Å². The van der Waals surface area contributed by atoms with Crippen LogP contribution in [0.5, 0.6) is 11.6 Å². The van der Waals surface area contributed by atoms with Gasteiger partial charge >= 0.3 is 0 Å². The number of nitrogens with zero attached hydrogens (tertiary/aromatic N) is 2. The Labute approximate surface area is 151 Å². The number of carbonyl (C=O) groups excluding carboxylic acids is 1. The summed E-state index contributed by atoms with van der Waals surface area (Å²) in [4.78, 5) is 19.7. The molecule has 0 N–H and O–H groups in total. The van der Waals surface area contributed by atoms with E-state index in [-0.39, 0.29) is 5.78 Å². The number of aromatic nitrogens is 1. The second kappa shape index (κ2) is 8.05. The predicted octanol–water partition coefficient (Wildman–Crippen LogP) is 4.27. The van der Waals surface area contributed by atoms with Crippen molar-refractivity contribution in [2.75, 3.05) is 20.6 Å². The fourth-order valence-corrected chi connectivity index (χ4v) is 3.05. The van der Waals surface area contributed by atoms with Crippen molar-refractivity contribution < 1.29 is 9.53 Å². The minimum absolute atomic E-state index is 0.0688. The van der Waals surface area contributed by atoms with Crippen molar-refractivity contribution in [2.45, 2.75) is 6.42 Å². The Balaban J connectivity index is 1.76. The number of likely N-dealkylation sites (N-methyl/N-ethyl adjacent to an activating group) is 1. The molecule has 0 fully saturated rings. The smallest absolute Gasteiger partial charge is 0.230 e. The molecule has 0 bridgehead atoms. The SMILES string of the molecule is CN(C)CCc1ccc(Oc2ncccc2C(=O)c2cccs2)cc1. The summed E-state index contributed by atoms with van der Waals surface area (Å²) in [5, 5.41) is 1.89. The molecule has 0 unspecified atom stereocenters. The number of ether oxygens (including phenoxy) is 1. The highest BCUT2D eigenvalue weighted by molar-refractivity contribution is 7.12. The van der Waals surface area contributed by atoms with Gasteiger partial charge in [0.05, 0.1) is 10.4 Å². The molecule has 0 aliphatic rings. The number of ketones is 1. The van der Waals surface area contributed by atoms with Gasteiger partial charge in [0.2, 0.25) is 11.7 Å². The Bertz CT molecular complexity index is 827. The first-order valence-corrected chi connectivity index (χ1v) is 8.96. The van der Waals surface area contributed by atoms with Crippen molar-refractivity contribution in [3.8, 4) is 11.6 Å². The van der Waals surface area contributed by atoms with Gasteiger partial charge in [-0.3, -0.25) is 4.79 Å². The lowest BCUT2D eigenvalue weighted by Gasteiger charge is -2.11.